The smallest absolute Gasteiger partial charge is 0.291 e. The number of nitrogens with zero attached hydrogens (tertiary/aromatic N) is 2. The molecule has 0 bridgehead atoms. The Bertz CT molecular complexity index is 544. The molecule has 1 unspecified atom stereocenters. The van der Waals surface area contributed by atoms with Crippen LogP contribution < -0.4 is 5.32 Å². The Balaban J connectivity index is 1.95. The first-order chi connectivity index (χ1) is 9.20. The summed E-state index contributed by atoms with van der Waals surface area (Å²) in [6.07, 6.45) is -0.201. The summed E-state index contributed by atoms with van der Waals surface area (Å²) in [6.45, 7) is 0.353. The van der Waals surface area contributed by atoms with Crippen molar-refractivity contribution in [1.82, 2.24) is 20.5 Å². The number of ether oxygens (including phenoxy) is 1. The molecule has 0 fully saturated rings. The summed E-state index contributed by atoms with van der Waals surface area (Å²) in [5.41, 5.74) is 1.00. The maximum atomic E-state index is 11.8. The molecular weight excluding hydrogens is 312 g/mol. The normalized spacial score (nSPS) is 12.1. The minimum atomic E-state index is -0.347. The zero-order chi connectivity index (χ0) is 13.7. The molecule has 0 aliphatic heterocycles. The van der Waals surface area contributed by atoms with Crippen LogP contribution in [0.5, 0.6) is 0 Å². The van der Waals surface area contributed by atoms with Gasteiger partial charge in [-0.2, -0.15) is 4.98 Å². The molecule has 1 atom stereocenters. The van der Waals surface area contributed by atoms with Crippen molar-refractivity contribution < 1.29 is 9.53 Å². The van der Waals surface area contributed by atoms with Gasteiger partial charge in [-0.05, 0) is 21.5 Å². The molecule has 1 aromatic heterocycles. The largest absolute Gasteiger partial charge is 0.375 e. The molecule has 1 aromatic carbocycles. The van der Waals surface area contributed by atoms with Crippen molar-refractivity contribution in [1.29, 1.82) is 0 Å². The number of methoxy groups -OCH3 is 1. The van der Waals surface area contributed by atoms with Crippen LogP contribution in [0.25, 0.3) is 0 Å². The first-order valence-electron chi connectivity index (χ1n) is 5.64. The van der Waals surface area contributed by atoms with Gasteiger partial charge in [0.1, 0.15) is 0 Å². The van der Waals surface area contributed by atoms with E-state index in [9.17, 15) is 4.79 Å². The summed E-state index contributed by atoms with van der Waals surface area (Å²) >= 11 is 3.10. The summed E-state index contributed by atoms with van der Waals surface area (Å²) in [7, 11) is 1.60. The highest BCUT2D eigenvalue weighted by Crippen LogP contribution is 2.14. The van der Waals surface area contributed by atoms with E-state index in [2.05, 4.69) is 36.4 Å². The fraction of sp³-hybridized carbons (Fsp3) is 0.250. The Morgan fingerprint density at radius 1 is 1.47 bits per heavy atom. The molecule has 7 heteroatoms. The van der Waals surface area contributed by atoms with E-state index < -0.39 is 0 Å². The lowest BCUT2D eigenvalue weighted by Crippen LogP contribution is -2.29. The number of amides is 1. The van der Waals surface area contributed by atoms with Gasteiger partial charge in [0, 0.05) is 13.7 Å². The number of carbonyl (C=O) groups is 1. The molecule has 0 radical (unpaired) electrons. The van der Waals surface area contributed by atoms with Gasteiger partial charge in [-0.15, -0.1) is 5.10 Å². The van der Waals surface area contributed by atoms with Crippen LogP contribution in [0.3, 0.4) is 0 Å². The average molecular weight is 325 g/mol. The van der Waals surface area contributed by atoms with Gasteiger partial charge in [0.25, 0.3) is 5.91 Å². The number of aromatic nitrogens is 3. The zero-order valence-corrected chi connectivity index (χ0v) is 11.8. The van der Waals surface area contributed by atoms with Crippen LogP contribution in [0, 0.1) is 0 Å². The summed E-state index contributed by atoms with van der Waals surface area (Å²) in [4.78, 5) is 15.7. The molecular formula is C12H13BrN4O2. The van der Waals surface area contributed by atoms with Gasteiger partial charge in [0.15, 0.2) is 4.73 Å². The van der Waals surface area contributed by atoms with Gasteiger partial charge in [0.2, 0.25) is 5.82 Å². The molecule has 2 aromatic rings. The van der Waals surface area contributed by atoms with Crippen molar-refractivity contribution in [2.45, 2.75) is 6.10 Å². The van der Waals surface area contributed by atoms with E-state index in [1.807, 2.05) is 30.3 Å². The molecule has 1 heterocycles. The van der Waals surface area contributed by atoms with Gasteiger partial charge in [-0.1, -0.05) is 30.3 Å². The predicted molar refractivity (Wildman–Crippen MR) is 72.6 cm³/mol. The Kier molecular flexibility index (Phi) is 4.64. The van der Waals surface area contributed by atoms with E-state index in [0.29, 0.717) is 11.3 Å². The third kappa shape index (κ3) is 3.62. The van der Waals surface area contributed by atoms with Crippen LogP contribution in [0.1, 0.15) is 22.3 Å². The van der Waals surface area contributed by atoms with E-state index in [1.165, 1.54) is 0 Å². The fourth-order valence-corrected chi connectivity index (χ4v) is 1.87. The first-order valence-corrected chi connectivity index (χ1v) is 6.44. The highest BCUT2D eigenvalue weighted by molar-refractivity contribution is 9.10. The summed E-state index contributed by atoms with van der Waals surface area (Å²) in [6, 6.07) is 9.68. The Morgan fingerprint density at radius 3 is 2.79 bits per heavy atom. The molecule has 0 saturated heterocycles. The molecule has 0 spiro atoms. The van der Waals surface area contributed by atoms with Crippen molar-refractivity contribution in [3.63, 3.8) is 0 Å². The monoisotopic (exact) mass is 324 g/mol. The summed E-state index contributed by atoms with van der Waals surface area (Å²) in [5, 5.41) is 9.03. The molecule has 0 aliphatic rings. The van der Waals surface area contributed by atoms with E-state index in [-0.39, 0.29) is 17.8 Å². The minimum Gasteiger partial charge on any atom is -0.375 e. The average Bonchev–Trinajstić information content (AvgIpc) is 2.87. The van der Waals surface area contributed by atoms with E-state index in [0.717, 1.165) is 5.56 Å². The number of halogens is 1. The first kappa shape index (κ1) is 13.7. The van der Waals surface area contributed by atoms with E-state index >= 15 is 0 Å². The van der Waals surface area contributed by atoms with Crippen molar-refractivity contribution in [2.24, 2.45) is 0 Å². The van der Waals surface area contributed by atoms with Crippen molar-refractivity contribution in [3.05, 3.63) is 46.5 Å². The fourth-order valence-electron chi connectivity index (χ4n) is 1.61. The predicted octanol–water partition coefficient (Wildman–Crippen LogP) is 1.68. The summed E-state index contributed by atoms with van der Waals surface area (Å²) < 4.78 is 5.78. The van der Waals surface area contributed by atoms with Crippen LogP contribution in [-0.2, 0) is 4.74 Å². The third-order valence-corrected chi connectivity index (χ3v) is 2.92. The lowest BCUT2D eigenvalue weighted by atomic mass is 10.1. The molecule has 0 saturated carbocycles. The number of benzene rings is 1. The number of carbonyl (C=O) groups excluding carboxylic acids is 1. The van der Waals surface area contributed by atoms with Crippen molar-refractivity contribution >= 4 is 21.8 Å². The van der Waals surface area contributed by atoms with Gasteiger partial charge in [-0.3, -0.25) is 9.89 Å². The van der Waals surface area contributed by atoms with Crippen LogP contribution in [0.2, 0.25) is 0 Å². The lowest BCUT2D eigenvalue weighted by Gasteiger charge is -2.15. The quantitative estimate of drug-likeness (QED) is 0.877. The van der Waals surface area contributed by atoms with Crippen LogP contribution in [0.4, 0.5) is 0 Å². The Labute approximate surface area is 118 Å². The number of hydrogen-bond donors (Lipinski definition) is 2. The second-order valence-corrected chi connectivity index (χ2v) is 4.55. The zero-order valence-electron chi connectivity index (χ0n) is 10.3. The number of hydrogen-bond acceptors (Lipinski definition) is 4. The molecule has 2 N–H and O–H groups in total. The van der Waals surface area contributed by atoms with Gasteiger partial charge < -0.3 is 10.1 Å². The van der Waals surface area contributed by atoms with Crippen molar-refractivity contribution in [3.8, 4) is 0 Å². The Morgan fingerprint density at radius 2 is 2.21 bits per heavy atom. The second kappa shape index (κ2) is 6.44. The molecule has 2 rings (SSSR count). The van der Waals surface area contributed by atoms with Gasteiger partial charge in [0.05, 0.1) is 6.10 Å². The number of nitrogens with one attached hydrogen (secondary N) is 2. The SMILES string of the molecule is COC(CNC(=O)c1n[nH]c(Br)n1)c1ccccc1. The maximum absolute atomic E-state index is 11.8. The highest BCUT2D eigenvalue weighted by atomic mass is 79.9. The standard InChI is InChI=1S/C12H13BrN4O2/c1-19-9(8-5-3-2-4-6-8)7-14-11(18)10-15-12(13)17-16-10/h2-6,9H,7H2,1H3,(H,14,18)(H,15,16,17). The topological polar surface area (TPSA) is 79.9 Å². The van der Waals surface area contributed by atoms with Crippen LogP contribution in [-0.4, -0.2) is 34.7 Å². The number of aromatic amines is 1. The van der Waals surface area contributed by atoms with E-state index in [1.54, 1.807) is 7.11 Å². The molecule has 19 heavy (non-hydrogen) atoms. The molecule has 100 valence electrons. The Hall–Kier alpha value is -1.73. The maximum Gasteiger partial charge on any atom is 0.291 e. The van der Waals surface area contributed by atoms with Gasteiger partial charge >= 0.3 is 0 Å². The number of H-pyrrole nitrogens is 1. The molecule has 6 nitrogen and oxygen atoms in total. The summed E-state index contributed by atoms with van der Waals surface area (Å²) in [5.74, 6) is -0.255. The van der Waals surface area contributed by atoms with Crippen LogP contribution >= 0.6 is 15.9 Å². The minimum absolute atomic E-state index is 0.0924. The molecule has 0 aliphatic carbocycles. The third-order valence-electron chi connectivity index (χ3n) is 2.57. The highest BCUT2D eigenvalue weighted by Gasteiger charge is 2.15. The van der Waals surface area contributed by atoms with Gasteiger partial charge in [-0.25, -0.2) is 0 Å². The van der Waals surface area contributed by atoms with Crippen LogP contribution in [0.15, 0.2) is 35.1 Å². The second-order valence-electron chi connectivity index (χ2n) is 3.79. The molecule has 1 amide bonds. The van der Waals surface area contributed by atoms with E-state index in [4.69, 9.17) is 4.74 Å². The van der Waals surface area contributed by atoms with Crippen molar-refractivity contribution in [2.75, 3.05) is 13.7 Å². The lowest BCUT2D eigenvalue weighted by molar-refractivity contribution is 0.0820. The number of rotatable bonds is 5.